The average Bonchev–Trinajstić information content (AvgIpc) is 1.97. The smallest absolute Gasteiger partial charge is 0.225 e. The number of rotatable bonds is 0. The summed E-state index contributed by atoms with van der Waals surface area (Å²) in [5, 5.41) is 2.82. The number of carbonyl (C=O) groups excluding carboxylic acids is 1. The maximum atomic E-state index is 10.7. The Hall–Kier alpha value is -0.570. The molecule has 1 amide bonds. The van der Waals surface area contributed by atoms with E-state index in [0.717, 1.165) is 19.6 Å². The van der Waals surface area contributed by atoms with Crippen molar-refractivity contribution in [2.24, 2.45) is 0 Å². The van der Waals surface area contributed by atoms with Crippen LogP contribution in [0.5, 0.6) is 0 Å². The van der Waals surface area contributed by atoms with Crippen LogP contribution in [0.2, 0.25) is 0 Å². The Balaban J connectivity index is 2.34. The van der Waals surface area contributed by atoms with Crippen molar-refractivity contribution < 1.29 is 9.69 Å². The van der Waals surface area contributed by atoms with E-state index in [1.54, 1.807) is 0 Å². The van der Waals surface area contributed by atoms with Crippen molar-refractivity contribution in [1.29, 1.82) is 0 Å². The van der Waals surface area contributed by atoms with Gasteiger partial charge in [-0.15, -0.1) is 0 Å². The summed E-state index contributed by atoms with van der Waals surface area (Å²) in [5.74, 6) is 0.201. The Morgan fingerprint density at radius 3 is 3.11 bits per heavy atom. The molecule has 2 N–H and O–H groups in total. The van der Waals surface area contributed by atoms with Crippen molar-refractivity contribution in [2.45, 2.75) is 6.42 Å². The molecule has 0 aromatic carbocycles. The van der Waals surface area contributed by atoms with E-state index in [4.69, 9.17) is 0 Å². The van der Waals surface area contributed by atoms with Gasteiger partial charge in [-0.3, -0.25) is 4.79 Å². The van der Waals surface area contributed by atoms with Gasteiger partial charge in [-0.2, -0.15) is 0 Å². The highest BCUT2D eigenvalue weighted by molar-refractivity contribution is 5.75. The summed E-state index contributed by atoms with van der Waals surface area (Å²) in [4.78, 5) is 12.1. The first-order valence-electron chi connectivity index (χ1n) is 3.37. The molecule has 9 heavy (non-hydrogen) atoms. The van der Waals surface area contributed by atoms with Crippen LogP contribution in [-0.2, 0) is 4.79 Å². The Morgan fingerprint density at radius 1 is 1.56 bits per heavy atom. The van der Waals surface area contributed by atoms with Crippen LogP contribution >= 0.6 is 0 Å². The standard InChI is InChI=1S/C6H12N2O/c1-8-4-2-6(9)7-3-5-8/h2-5H2,1H3,(H,7,9)/p+1. The predicted molar refractivity (Wildman–Crippen MR) is 34.2 cm³/mol. The van der Waals surface area contributed by atoms with Crippen LogP contribution < -0.4 is 10.2 Å². The number of likely N-dealkylation sites (N-methyl/N-ethyl adjacent to an activating group) is 1. The monoisotopic (exact) mass is 129 g/mol. The number of nitrogens with one attached hydrogen (secondary N) is 2. The van der Waals surface area contributed by atoms with Gasteiger partial charge in [0.1, 0.15) is 0 Å². The fourth-order valence-electron chi connectivity index (χ4n) is 0.956. The fraction of sp³-hybridized carbons (Fsp3) is 0.833. The third-order valence-electron chi connectivity index (χ3n) is 1.65. The minimum atomic E-state index is 0.201. The highest BCUT2D eigenvalue weighted by atomic mass is 16.1. The zero-order valence-electron chi connectivity index (χ0n) is 5.74. The van der Waals surface area contributed by atoms with Crippen LogP contribution in [0.15, 0.2) is 0 Å². The summed E-state index contributed by atoms with van der Waals surface area (Å²) in [6.45, 7) is 2.88. The van der Waals surface area contributed by atoms with Gasteiger partial charge >= 0.3 is 0 Å². The zero-order chi connectivity index (χ0) is 6.69. The van der Waals surface area contributed by atoms with Crippen molar-refractivity contribution in [2.75, 3.05) is 26.7 Å². The molecule has 1 aliphatic rings. The molecule has 0 bridgehead atoms. The van der Waals surface area contributed by atoms with Gasteiger partial charge in [0.15, 0.2) is 0 Å². The molecule has 1 fully saturated rings. The first-order valence-corrected chi connectivity index (χ1v) is 3.37. The minimum Gasteiger partial charge on any atom is -0.350 e. The zero-order valence-corrected chi connectivity index (χ0v) is 5.74. The van der Waals surface area contributed by atoms with Gasteiger partial charge in [-0.1, -0.05) is 0 Å². The summed E-state index contributed by atoms with van der Waals surface area (Å²) in [6, 6.07) is 0. The summed E-state index contributed by atoms with van der Waals surface area (Å²) in [6.07, 6.45) is 0.686. The molecule has 0 aliphatic carbocycles. The van der Waals surface area contributed by atoms with Crippen LogP contribution in [-0.4, -0.2) is 32.6 Å². The second-order valence-electron chi connectivity index (χ2n) is 2.56. The van der Waals surface area contributed by atoms with Crippen LogP contribution in [0.4, 0.5) is 0 Å². The summed E-state index contributed by atoms with van der Waals surface area (Å²) in [7, 11) is 2.11. The van der Waals surface area contributed by atoms with Crippen LogP contribution in [0.3, 0.4) is 0 Å². The Labute approximate surface area is 55.0 Å². The van der Waals surface area contributed by atoms with Crippen molar-refractivity contribution in [1.82, 2.24) is 5.32 Å². The summed E-state index contributed by atoms with van der Waals surface area (Å²) < 4.78 is 0. The van der Waals surface area contributed by atoms with Crippen molar-refractivity contribution in [3.63, 3.8) is 0 Å². The molecule has 3 nitrogen and oxygen atoms in total. The molecule has 1 saturated heterocycles. The van der Waals surface area contributed by atoms with Gasteiger partial charge in [0, 0.05) is 0 Å². The average molecular weight is 129 g/mol. The molecule has 0 aromatic heterocycles. The normalized spacial score (nSPS) is 29.0. The second-order valence-corrected chi connectivity index (χ2v) is 2.56. The predicted octanol–water partition coefficient (Wildman–Crippen LogP) is -1.98. The highest BCUT2D eigenvalue weighted by Gasteiger charge is 2.10. The molecular weight excluding hydrogens is 116 g/mol. The van der Waals surface area contributed by atoms with Crippen LogP contribution in [0.25, 0.3) is 0 Å². The lowest BCUT2D eigenvalue weighted by Crippen LogP contribution is -3.09. The molecule has 1 rings (SSSR count). The van der Waals surface area contributed by atoms with E-state index in [9.17, 15) is 4.79 Å². The molecule has 1 atom stereocenters. The lowest BCUT2D eigenvalue weighted by Gasteiger charge is -2.06. The molecule has 1 unspecified atom stereocenters. The minimum absolute atomic E-state index is 0.201. The van der Waals surface area contributed by atoms with E-state index in [-0.39, 0.29) is 5.91 Å². The lowest BCUT2D eigenvalue weighted by molar-refractivity contribution is -0.876. The van der Waals surface area contributed by atoms with Crippen molar-refractivity contribution >= 4 is 5.91 Å². The number of hydrogen-bond donors (Lipinski definition) is 2. The molecular formula is C6H13N2O+. The second kappa shape index (κ2) is 2.82. The number of hydrogen-bond acceptors (Lipinski definition) is 1. The largest absolute Gasteiger partial charge is 0.350 e. The molecule has 1 aliphatic heterocycles. The Morgan fingerprint density at radius 2 is 2.33 bits per heavy atom. The summed E-state index contributed by atoms with van der Waals surface area (Å²) >= 11 is 0. The number of carbonyl (C=O) groups is 1. The SMILES string of the molecule is C[NH+]1CCNC(=O)CC1. The maximum Gasteiger partial charge on any atom is 0.225 e. The third-order valence-corrected chi connectivity index (χ3v) is 1.65. The molecule has 3 heteroatoms. The van der Waals surface area contributed by atoms with Gasteiger partial charge in [0.25, 0.3) is 0 Å². The van der Waals surface area contributed by atoms with Crippen LogP contribution in [0, 0.1) is 0 Å². The molecule has 0 spiro atoms. The Kier molecular flexibility index (Phi) is 2.05. The topological polar surface area (TPSA) is 33.5 Å². The third kappa shape index (κ3) is 2.01. The number of quaternary nitrogens is 1. The van der Waals surface area contributed by atoms with Crippen molar-refractivity contribution in [3.05, 3.63) is 0 Å². The fourth-order valence-corrected chi connectivity index (χ4v) is 0.956. The summed E-state index contributed by atoms with van der Waals surface area (Å²) in [5.41, 5.74) is 0. The van der Waals surface area contributed by atoms with Gasteiger partial charge in [-0.25, -0.2) is 0 Å². The van der Waals surface area contributed by atoms with Crippen molar-refractivity contribution in [3.8, 4) is 0 Å². The first-order chi connectivity index (χ1) is 4.29. The molecule has 0 radical (unpaired) electrons. The van der Waals surface area contributed by atoms with E-state index in [0.29, 0.717) is 6.42 Å². The Bertz CT molecular complexity index is 114. The van der Waals surface area contributed by atoms with E-state index >= 15 is 0 Å². The maximum absolute atomic E-state index is 10.7. The van der Waals surface area contributed by atoms with E-state index in [1.807, 2.05) is 0 Å². The molecule has 0 aromatic rings. The van der Waals surface area contributed by atoms with E-state index in [1.165, 1.54) is 4.90 Å². The van der Waals surface area contributed by atoms with Gasteiger partial charge in [0.2, 0.25) is 5.91 Å². The quantitative estimate of drug-likeness (QED) is 0.390. The number of amides is 1. The van der Waals surface area contributed by atoms with Crippen LogP contribution in [0.1, 0.15) is 6.42 Å². The first kappa shape index (κ1) is 6.55. The van der Waals surface area contributed by atoms with Gasteiger partial charge < -0.3 is 10.2 Å². The van der Waals surface area contributed by atoms with Gasteiger partial charge in [0.05, 0.1) is 33.1 Å². The molecule has 0 saturated carbocycles. The van der Waals surface area contributed by atoms with Gasteiger partial charge in [-0.05, 0) is 0 Å². The molecule has 1 heterocycles. The molecule has 52 valence electrons. The highest BCUT2D eigenvalue weighted by Crippen LogP contribution is 1.75. The van der Waals surface area contributed by atoms with E-state index < -0.39 is 0 Å². The van der Waals surface area contributed by atoms with E-state index in [2.05, 4.69) is 12.4 Å². The lowest BCUT2D eigenvalue weighted by atomic mass is 10.4.